The average Bonchev–Trinajstić information content (AvgIpc) is 2.65. The van der Waals surface area contributed by atoms with E-state index in [-0.39, 0.29) is 29.5 Å². The zero-order valence-electron chi connectivity index (χ0n) is 17.3. The van der Waals surface area contributed by atoms with Crippen LogP contribution >= 0.6 is 24.0 Å². The highest BCUT2D eigenvalue weighted by Crippen LogP contribution is 2.46. The van der Waals surface area contributed by atoms with E-state index in [1.54, 1.807) is 0 Å². The molecule has 0 amide bonds. The van der Waals surface area contributed by atoms with Crippen molar-refractivity contribution in [2.45, 2.75) is 33.2 Å². The number of nitrogens with one attached hydrogen (secondary N) is 1. The first kappa shape index (κ1) is 22.1. The molecule has 0 radical (unpaired) electrons. The van der Waals surface area contributed by atoms with Crippen LogP contribution in [0.2, 0.25) is 0 Å². The molecular weight excluding hydrogens is 453 g/mol. The second-order valence-corrected chi connectivity index (χ2v) is 8.38. The number of anilines is 1. The summed E-state index contributed by atoms with van der Waals surface area (Å²) in [5.41, 5.74) is 0.455. The van der Waals surface area contributed by atoms with Crippen LogP contribution in [0.3, 0.4) is 0 Å². The van der Waals surface area contributed by atoms with Gasteiger partial charge in [-0.2, -0.15) is 0 Å². The third kappa shape index (κ3) is 4.64. The molecule has 8 heteroatoms. The van der Waals surface area contributed by atoms with E-state index >= 15 is 0 Å². The Kier molecular flexibility index (Phi) is 7.29. The summed E-state index contributed by atoms with van der Waals surface area (Å²) in [6.45, 7) is 16.3. The second kappa shape index (κ2) is 8.89. The molecule has 2 saturated heterocycles. The van der Waals surface area contributed by atoms with Crippen molar-refractivity contribution in [3.63, 3.8) is 0 Å². The van der Waals surface area contributed by atoms with E-state index in [0.717, 1.165) is 57.7 Å². The van der Waals surface area contributed by atoms with Crippen molar-refractivity contribution in [2.24, 2.45) is 10.4 Å². The maximum Gasteiger partial charge on any atom is 0.225 e. The zero-order chi connectivity index (χ0) is 18.8. The Bertz CT molecular complexity index is 624. The Labute approximate surface area is 180 Å². The van der Waals surface area contributed by atoms with Crippen LogP contribution in [0, 0.1) is 5.41 Å². The Morgan fingerprint density at radius 2 is 1.74 bits per heavy atom. The lowest BCUT2D eigenvalue weighted by molar-refractivity contribution is -0.0667. The summed E-state index contributed by atoms with van der Waals surface area (Å²) in [5, 5.41) is 3.55. The van der Waals surface area contributed by atoms with E-state index in [2.05, 4.69) is 62.7 Å². The van der Waals surface area contributed by atoms with E-state index < -0.39 is 0 Å². The van der Waals surface area contributed by atoms with E-state index in [4.69, 9.17) is 0 Å². The van der Waals surface area contributed by atoms with Crippen molar-refractivity contribution < 1.29 is 0 Å². The standard InChI is InChI=1S/C19H33N7.HI/c1-18(2)15-26(19(18,3)4)16(20-5)23-9-10-24-11-13-25(14-12-24)17-21-7-6-8-22-17;/h6-8H,9-15H2,1-5H3,(H,20,23);1H. The fourth-order valence-corrected chi connectivity index (χ4v) is 3.65. The maximum absolute atomic E-state index is 4.49. The molecule has 0 aromatic carbocycles. The molecule has 0 atom stereocenters. The molecule has 2 aliphatic rings. The van der Waals surface area contributed by atoms with Crippen LogP contribution < -0.4 is 10.2 Å². The van der Waals surface area contributed by atoms with E-state index in [1.807, 2.05) is 25.5 Å². The zero-order valence-corrected chi connectivity index (χ0v) is 19.6. The molecule has 27 heavy (non-hydrogen) atoms. The summed E-state index contributed by atoms with van der Waals surface area (Å²) in [4.78, 5) is 20.3. The van der Waals surface area contributed by atoms with E-state index in [1.165, 1.54) is 0 Å². The Morgan fingerprint density at radius 3 is 2.26 bits per heavy atom. The van der Waals surface area contributed by atoms with Crippen LogP contribution in [0.15, 0.2) is 23.5 Å². The monoisotopic (exact) mass is 487 g/mol. The lowest BCUT2D eigenvalue weighted by Crippen LogP contribution is -2.72. The van der Waals surface area contributed by atoms with Gasteiger partial charge in [-0.1, -0.05) is 13.8 Å². The van der Waals surface area contributed by atoms with E-state index in [0.29, 0.717) is 5.41 Å². The van der Waals surface area contributed by atoms with Crippen LogP contribution in [-0.2, 0) is 0 Å². The molecule has 1 aromatic heterocycles. The predicted molar refractivity (Wildman–Crippen MR) is 122 cm³/mol. The van der Waals surface area contributed by atoms with Gasteiger partial charge in [0.15, 0.2) is 5.96 Å². The summed E-state index contributed by atoms with van der Waals surface area (Å²) in [5.74, 6) is 1.86. The van der Waals surface area contributed by atoms with Crippen LogP contribution in [0.5, 0.6) is 0 Å². The van der Waals surface area contributed by atoms with Crippen LogP contribution in [0.4, 0.5) is 5.95 Å². The van der Waals surface area contributed by atoms with Gasteiger partial charge in [0, 0.05) is 76.2 Å². The number of piperazine rings is 1. The van der Waals surface area contributed by atoms with Crippen molar-refractivity contribution in [3.05, 3.63) is 18.5 Å². The minimum Gasteiger partial charge on any atom is -0.355 e. The number of rotatable bonds is 4. The van der Waals surface area contributed by atoms with Gasteiger partial charge in [0.2, 0.25) is 5.95 Å². The lowest BCUT2D eigenvalue weighted by Gasteiger charge is -2.62. The highest BCUT2D eigenvalue weighted by molar-refractivity contribution is 14.0. The number of nitrogens with zero attached hydrogens (tertiary/aromatic N) is 6. The molecule has 152 valence electrons. The summed E-state index contributed by atoms with van der Waals surface area (Å²) >= 11 is 0. The molecule has 3 rings (SSSR count). The van der Waals surface area contributed by atoms with Crippen molar-refractivity contribution in [1.82, 2.24) is 25.1 Å². The molecular formula is C19H34IN7. The first-order valence-electron chi connectivity index (χ1n) is 9.58. The number of aliphatic imine (C=N–C) groups is 1. The summed E-state index contributed by atoms with van der Waals surface area (Å²) in [6.07, 6.45) is 3.62. The molecule has 0 spiro atoms. The Hall–Kier alpha value is -1.16. The van der Waals surface area contributed by atoms with Gasteiger partial charge in [-0.25, -0.2) is 9.97 Å². The first-order valence-corrected chi connectivity index (χ1v) is 9.58. The maximum atomic E-state index is 4.49. The van der Waals surface area contributed by atoms with Gasteiger partial charge in [0.05, 0.1) is 0 Å². The lowest BCUT2D eigenvalue weighted by atomic mass is 9.65. The summed E-state index contributed by atoms with van der Waals surface area (Å²) < 4.78 is 0. The third-order valence-corrected chi connectivity index (χ3v) is 6.27. The van der Waals surface area contributed by atoms with E-state index in [9.17, 15) is 0 Å². The number of hydrogen-bond acceptors (Lipinski definition) is 5. The number of guanidine groups is 1. The van der Waals surface area contributed by atoms with Crippen molar-refractivity contribution >= 4 is 35.9 Å². The van der Waals surface area contributed by atoms with Gasteiger partial charge in [-0.15, -0.1) is 24.0 Å². The third-order valence-electron chi connectivity index (χ3n) is 6.27. The first-order chi connectivity index (χ1) is 12.3. The highest BCUT2D eigenvalue weighted by Gasteiger charge is 2.53. The molecule has 0 bridgehead atoms. The number of aromatic nitrogens is 2. The number of hydrogen-bond donors (Lipinski definition) is 1. The molecule has 2 aliphatic heterocycles. The fourth-order valence-electron chi connectivity index (χ4n) is 3.65. The van der Waals surface area contributed by atoms with Gasteiger partial charge in [-0.3, -0.25) is 9.89 Å². The predicted octanol–water partition coefficient (Wildman–Crippen LogP) is 1.91. The Balaban J connectivity index is 0.00000261. The molecule has 0 unspecified atom stereocenters. The molecule has 2 fully saturated rings. The molecule has 1 N–H and O–H groups in total. The van der Waals surface area contributed by atoms with Gasteiger partial charge in [-0.05, 0) is 19.9 Å². The Morgan fingerprint density at radius 1 is 1.11 bits per heavy atom. The molecule has 0 aliphatic carbocycles. The average molecular weight is 487 g/mol. The van der Waals surface area contributed by atoms with Crippen molar-refractivity contribution in [3.8, 4) is 0 Å². The van der Waals surface area contributed by atoms with Crippen LogP contribution in [-0.4, -0.2) is 84.1 Å². The largest absolute Gasteiger partial charge is 0.355 e. The summed E-state index contributed by atoms with van der Waals surface area (Å²) in [7, 11) is 1.88. The SMILES string of the molecule is CN=C(NCCN1CCN(c2ncccn2)CC1)N1CC(C)(C)C1(C)C.I. The van der Waals surface area contributed by atoms with Crippen molar-refractivity contribution in [2.75, 3.05) is 57.8 Å². The topological polar surface area (TPSA) is 59.9 Å². The van der Waals surface area contributed by atoms with Gasteiger partial charge in [0.1, 0.15) is 0 Å². The normalized spacial score (nSPS) is 22.0. The molecule has 1 aromatic rings. The van der Waals surface area contributed by atoms with Crippen LogP contribution in [0.1, 0.15) is 27.7 Å². The number of likely N-dealkylation sites (tertiary alicyclic amines) is 1. The molecule has 3 heterocycles. The number of halogens is 1. The van der Waals surface area contributed by atoms with Crippen LogP contribution in [0.25, 0.3) is 0 Å². The summed E-state index contributed by atoms with van der Waals surface area (Å²) in [6, 6.07) is 1.86. The minimum atomic E-state index is 0. The highest BCUT2D eigenvalue weighted by atomic mass is 127. The smallest absolute Gasteiger partial charge is 0.225 e. The van der Waals surface area contributed by atoms with Crippen molar-refractivity contribution in [1.29, 1.82) is 0 Å². The van der Waals surface area contributed by atoms with Gasteiger partial charge in [0.25, 0.3) is 0 Å². The molecule has 0 saturated carbocycles. The fraction of sp³-hybridized carbons (Fsp3) is 0.737. The second-order valence-electron chi connectivity index (χ2n) is 8.38. The van der Waals surface area contributed by atoms with Gasteiger partial charge < -0.3 is 15.1 Å². The molecule has 7 nitrogen and oxygen atoms in total. The minimum absolute atomic E-state index is 0. The quantitative estimate of drug-likeness (QED) is 0.398. The van der Waals surface area contributed by atoms with Gasteiger partial charge >= 0.3 is 0 Å².